The number of benzene rings is 1. The Morgan fingerprint density at radius 2 is 1.81 bits per heavy atom. The molecular weight excluding hydrogens is 208 g/mol. The summed E-state index contributed by atoms with van der Waals surface area (Å²) < 4.78 is 4.81. The fraction of sp³-hybridized carbons (Fsp3) is 0.273. The molecule has 84 valence electrons. The molecule has 3 N–H and O–H groups in total. The number of rotatable bonds is 3. The molecule has 1 aliphatic heterocycles. The lowest BCUT2D eigenvalue weighted by Crippen LogP contribution is -2.25. The minimum Gasteiger partial charge on any atom is -0.435 e. The van der Waals surface area contributed by atoms with E-state index in [9.17, 15) is 9.59 Å². The second kappa shape index (κ2) is 4.32. The van der Waals surface area contributed by atoms with Gasteiger partial charge in [0.05, 0.1) is 0 Å². The topological polar surface area (TPSA) is 81.4 Å². The molecule has 1 unspecified atom stereocenters. The minimum absolute atomic E-state index is 0.382. The summed E-state index contributed by atoms with van der Waals surface area (Å²) in [5.74, 6) is -0.382. The summed E-state index contributed by atoms with van der Waals surface area (Å²) in [6, 6.07) is 7.54. The van der Waals surface area contributed by atoms with Gasteiger partial charge in [0.15, 0.2) is 6.10 Å². The molecule has 0 aliphatic carbocycles. The maximum Gasteiger partial charge on any atom is 0.414 e. The monoisotopic (exact) mass is 220 g/mol. The Balaban J connectivity index is 2.03. The first kappa shape index (κ1) is 10.6. The number of carbonyl (C=O) groups excluding carboxylic acids is 2. The number of nitrogens with two attached hydrogens (primary N) is 1. The molecule has 0 bridgehead atoms. The molecule has 1 atom stereocenters. The first-order chi connectivity index (χ1) is 7.69. The quantitative estimate of drug-likeness (QED) is 0.768. The molecule has 16 heavy (non-hydrogen) atoms. The number of carbonyl (C=O) groups is 2. The van der Waals surface area contributed by atoms with Crippen LogP contribution in [0.3, 0.4) is 0 Å². The molecule has 2 rings (SSSR count). The number of hydrogen-bond acceptors (Lipinski definition) is 4. The summed E-state index contributed by atoms with van der Waals surface area (Å²) in [5, 5.41) is 2.09. The summed E-state index contributed by atoms with van der Waals surface area (Å²) in [6.45, 7) is 0.485. The minimum atomic E-state index is -0.712. The average Bonchev–Trinajstić information content (AvgIpc) is 2.59. The van der Waals surface area contributed by atoms with Gasteiger partial charge in [-0.2, -0.15) is 0 Å². The average molecular weight is 220 g/mol. The lowest BCUT2D eigenvalue weighted by molar-refractivity contribution is -0.123. The molecule has 1 aliphatic rings. The van der Waals surface area contributed by atoms with Gasteiger partial charge in [-0.3, -0.25) is 10.1 Å². The summed E-state index contributed by atoms with van der Waals surface area (Å²) in [5.41, 5.74) is 7.43. The van der Waals surface area contributed by atoms with Gasteiger partial charge in [0.1, 0.15) is 0 Å². The second-order valence-electron chi connectivity index (χ2n) is 3.61. The van der Waals surface area contributed by atoms with Crippen molar-refractivity contribution in [3.05, 3.63) is 35.4 Å². The number of cyclic esters (lactones) is 1. The van der Waals surface area contributed by atoms with Crippen LogP contribution < -0.4 is 11.1 Å². The van der Waals surface area contributed by atoms with Crippen molar-refractivity contribution in [3.63, 3.8) is 0 Å². The van der Waals surface area contributed by atoms with E-state index in [0.717, 1.165) is 11.1 Å². The van der Waals surface area contributed by atoms with Gasteiger partial charge in [0.25, 0.3) is 5.91 Å². The molecule has 0 aromatic heterocycles. The highest BCUT2D eigenvalue weighted by atomic mass is 16.6. The van der Waals surface area contributed by atoms with E-state index in [1.54, 1.807) is 0 Å². The summed E-state index contributed by atoms with van der Waals surface area (Å²) in [7, 11) is 0. The van der Waals surface area contributed by atoms with Gasteiger partial charge in [-0.25, -0.2) is 4.79 Å². The van der Waals surface area contributed by atoms with Crippen molar-refractivity contribution in [1.29, 1.82) is 0 Å². The fourth-order valence-corrected chi connectivity index (χ4v) is 1.55. The Bertz CT molecular complexity index is 414. The van der Waals surface area contributed by atoms with Crippen LogP contribution in [0.4, 0.5) is 4.79 Å². The van der Waals surface area contributed by atoms with Crippen molar-refractivity contribution in [2.24, 2.45) is 5.73 Å². The van der Waals surface area contributed by atoms with Gasteiger partial charge in [-0.05, 0) is 11.1 Å². The Hall–Kier alpha value is -1.88. The van der Waals surface area contributed by atoms with E-state index in [-0.39, 0.29) is 5.91 Å². The molecule has 5 heteroatoms. The lowest BCUT2D eigenvalue weighted by atomic mass is 10.1. The zero-order chi connectivity index (χ0) is 11.5. The van der Waals surface area contributed by atoms with Crippen molar-refractivity contribution < 1.29 is 14.3 Å². The highest BCUT2D eigenvalue weighted by molar-refractivity contribution is 6.00. The number of nitrogens with one attached hydrogen (secondary N) is 1. The van der Waals surface area contributed by atoms with Gasteiger partial charge in [-0.15, -0.1) is 0 Å². The number of ether oxygens (including phenoxy) is 1. The molecule has 1 fully saturated rings. The maximum absolute atomic E-state index is 11.2. The van der Waals surface area contributed by atoms with Crippen LogP contribution in [0.15, 0.2) is 24.3 Å². The zero-order valence-corrected chi connectivity index (χ0v) is 8.60. The Morgan fingerprint density at radius 1 is 1.19 bits per heavy atom. The SMILES string of the molecule is NCc1ccc(CC2OC(=O)NC2=O)cc1. The molecule has 1 saturated heterocycles. The second-order valence-corrected chi connectivity index (χ2v) is 3.61. The Kier molecular flexibility index (Phi) is 2.87. The molecule has 1 aromatic rings. The lowest BCUT2D eigenvalue weighted by Gasteiger charge is -2.06. The van der Waals surface area contributed by atoms with Gasteiger partial charge >= 0.3 is 6.09 Å². The third-order valence-electron chi connectivity index (χ3n) is 2.45. The summed E-state index contributed by atoms with van der Waals surface area (Å²) >= 11 is 0. The van der Waals surface area contributed by atoms with Crippen molar-refractivity contribution >= 4 is 12.0 Å². The van der Waals surface area contributed by atoms with Crippen LogP contribution in [-0.4, -0.2) is 18.1 Å². The van der Waals surface area contributed by atoms with Gasteiger partial charge in [0, 0.05) is 13.0 Å². The van der Waals surface area contributed by atoms with Gasteiger partial charge in [0.2, 0.25) is 0 Å². The first-order valence-corrected chi connectivity index (χ1v) is 4.98. The zero-order valence-electron chi connectivity index (χ0n) is 8.60. The van der Waals surface area contributed by atoms with E-state index in [1.807, 2.05) is 24.3 Å². The van der Waals surface area contributed by atoms with Crippen molar-refractivity contribution in [3.8, 4) is 0 Å². The molecule has 2 amide bonds. The predicted octanol–water partition coefficient (Wildman–Crippen LogP) is 0.323. The number of alkyl carbamates (subject to hydrolysis) is 1. The molecule has 0 saturated carbocycles. The number of hydrogen-bond donors (Lipinski definition) is 2. The van der Waals surface area contributed by atoms with Crippen LogP contribution in [0.25, 0.3) is 0 Å². The van der Waals surface area contributed by atoms with E-state index < -0.39 is 12.2 Å². The van der Waals surface area contributed by atoms with E-state index in [2.05, 4.69) is 5.32 Å². The summed E-state index contributed by atoms with van der Waals surface area (Å²) in [6.07, 6.45) is -0.993. The highest BCUT2D eigenvalue weighted by Gasteiger charge is 2.31. The van der Waals surface area contributed by atoms with Crippen LogP contribution in [-0.2, 0) is 22.5 Å². The third kappa shape index (κ3) is 2.20. The van der Waals surface area contributed by atoms with Gasteiger partial charge < -0.3 is 10.5 Å². The molecule has 5 nitrogen and oxygen atoms in total. The molecule has 0 spiro atoms. The van der Waals surface area contributed by atoms with E-state index in [4.69, 9.17) is 10.5 Å². The van der Waals surface area contributed by atoms with Crippen LogP contribution in [0.2, 0.25) is 0 Å². The number of amides is 2. The Labute approximate surface area is 92.6 Å². The molecule has 1 aromatic carbocycles. The number of imide groups is 1. The predicted molar refractivity (Wildman–Crippen MR) is 56.4 cm³/mol. The largest absolute Gasteiger partial charge is 0.435 e. The van der Waals surface area contributed by atoms with E-state index >= 15 is 0 Å². The first-order valence-electron chi connectivity index (χ1n) is 4.98. The molecule has 1 heterocycles. The smallest absolute Gasteiger partial charge is 0.414 e. The Morgan fingerprint density at radius 3 is 2.31 bits per heavy atom. The van der Waals surface area contributed by atoms with Gasteiger partial charge in [-0.1, -0.05) is 24.3 Å². The fourth-order valence-electron chi connectivity index (χ4n) is 1.55. The summed E-state index contributed by atoms with van der Waals surface area (Å²) in [4.78, 5) is 22.0. The van der Waals surface area contributed by atoms with Crippen molar-refractivity contribution in [1.82, 2.24) is 5.32 Å². The molecule has 0 radical (unpaired) electrons. The van der Waals surface area contributed by atoms with E-state index in [1.165, 1.54) is 0 Å². The normalized spacial score (nSPS) is 19.4. The van der Waals surface area contributed by atoms with Crippen LogP contribution in [0, 0.1) is 0 Å². The van der Waals surface area contributed by atoms with Crippen molar-refractivity contribution in [2.75, 3.05) is 0 Å². The standard InChI is InChI=1S/C11H12N2O3/c12-6-8-3-1-7(2-4-8)5-9-10(14)13-11(15)16-9/h1-4,9H,5-6,12H2,(H,13,14,15). The van der Waals surface area contributed by atoms with Crippen LogP contribution in [0.1, 0.15) is 11.1 Å². The third-order valence-corrected chi connectivity index (χ3v) is 2.45. The van der Waals surface area contributed by atoms with Crippen molar-refractivity contribution in [2.45, 2.75) is 19.1 Å². The van der Waals surface area contributed by atoms with Crippen LogP contribution in [0.5, 0.6) is 0 Å². The van der Waals surface area contributed by atoms with Crippen LogP contribution >= 0.6 is 0 Å². The van der Waals surface area contributed by atoms with E-state index in [0.29, 0.717) is 13.0 Å². The maximum atomic E-state index is 11.2. The molecular formula is C11H12N2O3. The highest BCUT2D eigenvalue weighted by Crippen LogP contribution is 2.11.